The maximum absolute atomic E-state index is 6.18. The topological polar surface area (TPSA) is 44.5 Å². The summed E-state index contributed by atoms with van der Waals surface area (Å²) in [5.74, 6) is 0.845. The summed E-state index contributed by atoms with van der Waals surface area (Å²) in [6.45, 7) is 3.41. The average molecular weight is 272 g/mol. The third-order valence-corrected chi connectivity index (χ3v) is 2.96. The van der Waals surface area contributed by atoms with Gasteiger partial charge in [0.15, 0.2) is 0 Å². The molecule has 2 N–H and O–H groups in total. The van der Waals surface area contributed by atoms with Crippen LogP contribution in [0.1, 0.15) is 25.3 Å². The van der Waals surface area contributed by atoms with Gasteiger partial charge in [0.2, 0.25) is 0 Å². The number of halogens is 1. The van der Waals surface area contributed by atoms with Crippen LogP contribution in [-0.2, 0) is 11.2 Å². The van der Waals surface area contributed by atoms with Crippen molar-refractivity contribution in [3.8, 4) is 5.75 Å². The summed E-state index contributed by atoms with van der Waals surface area (Å²) in [6, 6.07) is 5.79. The van der Waals surface area contributed by atoms with Gasteiger partial charge in [-0.25, -0.2) is 0 Å². The van der Waals surface area contributed by atoms with Crippen LogP contribution < -0.4 is 10.5 Å². The molecule has 0 aliphatic heterocycles. The molecule has 0 aliphatic carbocycles. The van der Waals surface area contributed by atoms with Crippen molar-refractivity contribution in [2.24, 2.45) is 5.73 Å². The van der Waals surface area contributed by atoms with Crippen LogP contribution in [0.3, 0.4) is 0 Å². The average Bonchev–Trinajstić information content (AvgIpc) is 2.32. The van der Waals surface area contributed by atoms with E-state index in [1.807, 2.05) is 25.1 Å². The van der Waals surface area contributed by atoms with Crippen molar-refractivity contribution in [3.05, 3.63) is 28.8 Å². The van der Waals surface area contributed by atoms with Crippen molar-refractivity contribution in [2.45, 2.75) is 32.2 Å². The van der Waals surface area contributed by atoms with Gasteiger partial charge >= 0.3 is 0 Å². The van der Waals surface area contributed by atoms with Crippen LogP contribution in [0, 0.1) is 0 Å². The predicted octanol–water partition coefficient (Wildman–Crippen LogP) is 3.04. The fourth-order valence-electron chi connectivity index (χ4n) is 1.72. The molecule has 0 aliphatic rings. The molecule has 1 atom stereocenters. The molecule has 0 fully saturated rings. The lowest BCUT2D eigenvalue weighted by Gasteiger charge is -2.14. The minimum atomic E-state index is 0.0701. The normalized spacial score (nSPS) is 12.4. The molecule has 1 rings (SSSR count). The lowest BCUT2D eigenvalue weighted by atomic mass is 10.1. The van der Waals surface area contributed by atoms with Crippen molar-refractivity contribution in [1.82, 2.24) is 0 Å². The van der Waals surface area contributed by atoms with Gasteiger partial charge in [-0.3, -0.25) is 0 Å². The summed E-state index contributed by atoms with van der Waals surface area (Å²) in [5, 5.41) is 0.724. The largest absolute Gasteiger partial charge is 0.493 e. The fraction of sp³-hybridized carbons (Fsp3) is 0.571. The third-order valence-electron chi connectivity index (χ3n) is 2.60. The second-order valence-electron chi connectivity index (χ2n) is 4.45. The SMILES string of the molecule is COCCCCOc1cccc(Cl)c1CC(C)N. The molecule has 3 nitrogen and oxygen atoms in total. The smallest absolute Gasteiger partial charge is 0.124 e. The molecule has 0 aromatic heterocycles. The quantitative estimate of drug-likeness (QED) is 0.739. The van der Waals surface area contributed by atoms with Crippen LogP contribution in [0.15, 0.2) is 18.2 Å². The van der Waals surface area contributed by atoms with Gasteiger partial charge in [0.05, 0.1) is 6.61 Å². The number of rotatable bonds is 8. The van der Waals surface area contributed by atoms with E-state index in [0.717, 1.165) is 42.2 Å². The van der Waals surface area contributed by atoms with Gasteiger partial charge in [0.25, 0.3) is 0 Å². The Morgan fingerprint density at radius 3 is 2.67 bits per heavy atom. The third kappa shape index (κ3) is 5.25. The number of ether oxygens (including phenoxy) is 2. The minimum Gasteiger partial charge on any atom is -0.493 e. The summed E-state index contributed by atoms with van der Waals surface area (Å²) in [4.78, 5) is 0. The number of benzene rings is 1. The lowest BCUT2D eigenvalue weighted by molar-refractivity contribution is 0.184. The molecule has 1 aromatic rings. The predicted molar refractivity (Wildman–Crippen MR) is 75.4 cm³/mol. The van der Waals surface area contributed by atoms with Crippen LogP contribution in [0.4, 0.5) is 0 Å². The first-order valence-corrected chi connectivity index (χ1v) is 6.67. The Labute approximate surface area is 114 Å². The van der Waals surface area contributed by atoms with E-state index in [4.69, 9.17) is 26.8 Å². The molecular formula is C14H22ClNO2. The highest BCUT2D eigenvalue weighted by atomic mass is 35.5. The maximum Gasteiger partial charge on any atom is 0.124 e. The van der Waals surface area contributed by atoms with Crippen molar-refractivity contribution in [2.75, 3.05) is 20.3 Å². The van der Waals surface area contributed by atoms with Crippen molar-refractivity contribution in [1.29, 1.82) is 0 Å². The second-order valence-corrected chi connectivity index (χ2v) is 4.85. The van der Waals surface area contributed by atoms with Gasteiger partial charge in [0.1, 0.15) is 5.75 Å². The molecule has 0 radical (unpaired) electrons. The molecular weight excluding hydrogens is 250 g/mol. The Morgan fingerprint density at radius 1 is 1.28 bits per heavy atom. The van der Waals surface area contributed by atoms with Gasteiger partial charge < -0.3 is 15.2 Å². The van der Waals surface area contributed by atoms with Gasteiger partial charge in [-0.15, -0.1) is 0 Å². The van der Waals surface area contributed by atoms with Crippen molar-refractivity contribution in [3.63, 3.8) is 0 Å². The van der Waals surface area contributed by atoms with E-state index in [9.17, 15) is 0 Å². The molecule has 1 aromatic carbocycles. The molecule has 102 valence electrons. The minimum absolute atomic E-state index is 0.0701. The molecule has 0 saturated heterocycles. The van der Waals surface area contributed by atoms with Crippen LogP contribution in [-0.4, -0.2) is 26.4 Å². The Hall–Kier alpha value is -0.770. The Bertz CT molecular complexity index is 356. The van der Waals surface area contributed by atoms with Gasteiger partial charge in [-0.2, -0.15) is 0 Å². The highest BCUT2D eigenvalue weighted by Gasteiger charge is 2.10. The molecule has 0 amide bonds. The number of nitrogens with two attached hydrogens (primary N) is 1. The Kier molecular flexibility index (Phi) is 7.09. The molecule has 0 bridgehead atoms. The van der Waals surface area contributed by atoms with Crippen LogP contribution in [0.5, 0.6) is 5.75 Å². The fourth-order valence-corrected chi connectivity index (χ4v) is 1.97. The van der Waals surface area contributed by atoms with Crippen molar-refractivity contribution < 1.29 is 9.47 Å². The van der Waals surface area contributed by atoms with E-state index in [2.05, 4.69) is 0 Å². The maximum atomic E-state index is 6.18. The first kappa shape index (κ1) is 15.3. The van der Waals surface area contributed by atoms with Crippen LogP contribution in [0.2, 0.25) is 5.02 Å². The molecule has 18 heavy (non-hydrogen) atoms. The number of methoxy groups -OCH3 is 1. The van der Waals surface area contributed by atoms with Gasteiger partial charge in [-0.05, 0) is 38.3 Å². The van der Waals surface area contributed by atoms with Crippen molar-refractivity contribution >= 4 is 11.6 Å². The summed E-state index contributed by atoms with van der Waals surface area (Å²) in [5.41, 5.74) is 6.83. The highest BCUT2D eigenvalue weighted by Crippen LogP contribution is 2.27. The molecule has 4 heteroatoms. The Balaban J connectivity index is 2.55. The van der Waals surface area contributed by atoms with Crippen LogP contribution >= 0.6 is 11.6 Å². The molecule has 1 unspecified atom stereocenters. The number of unbranched alkanes of at least 4 members (excludes halogenated alkanes) is 1. The van der Waals surface area contributed by atoms with E-state index < -0.39 is 0 Å². The Morgan fingerprint density at radius 2 is 2.00 bits per heavy atom. The van der Waals surface area contributed by atoms with Crippen LogP contribution in [0.25, 0.3) is 0 Å². The second kappa shape index (κ2) is 8.35. The van der Waals surface area contributed by atoms with Gasteiger partial charge in [0, 0.05) is 30.3 Å². The molecule has 0 saturated carbocycles. The first-order valence-electron chi connectivity index (χ1n) is 6.30. The summed E-state index contributed by atoms with van der Waals surface area (Å²) < 4.78 is 10.8. The highest BCUT2D eigenvalue weighted by molar-refractivity contribution is 6.31. The van der Waals surface area contributed by atoms with E-state index in [1.165, 1.54) is 0 Å². The van der Waals surface area contributed by atoms with E-state index >= 15 is 0 Å². The number of hydrogen-bond donors (Lipinski definition) is 1. The monoisotopic (exact) mass is 271 g/mol. The van der Waals surface area contributed by atoms with Gasteiger partial charge in [-0.1, -0.05) is 17.7 Å². The van der Waals surface area contributed by atoms with E-state index in [-0.39, 0.29) is 6.04 Å². The summed E-state index contributed by atoms with van der Waals surface area (Å²) in [7, 11) is 1.71. The molecule has 0 heterocycles. The zero-order valence-corrected chi connectivity index (χ0v) is 11.9. The summed E-state index contributed by atoms with van der Waals surface area (Å²) >= 11 is 6.18. The van der Waals surface area contributed by atoms with E-state index in [1.54, 1.807) is 7.11 Å². The van der Waals surface area contributed by atoms with E-state index in [0.29, 0.717) is 6.61 Å². The lowest BCUT2D eigenvalue weighted by Crippen LogP contribution is -2.18. The first-order chi connectivity index (χ1) is 8.65. The zero-order valence-electron chi connectivity index (χ0n) is 11.1. The standard InChI is InChI=1S/C14H22ClNO2/c1-11(16)10-12-13(15)6-5-7-14(12)18-9-4-3-8-17-2/h5-7,11H,3-4,8-10,16H2,1-2H3. The molecule has 0 spiro atoms. The zero-order chi connectivity index (χ0) is 13.4. The number of hydrogen-bond acceptors (Lipinski definition) is 3. The summed E-state index contributed by atoms with van der Waals surface area (Å²) in [6.07, 6.45) is 2.70.